The number of amidine groups is 1. The maximum atomic E-state index is 13.0. The average Bonchev–Trinajstić information content (AvgIpc) is 3.07. The molecule has 1 aliphatic rings. The van der Waals surface area contributed by atoms with E-state index in [0.717, 1.165) is 5.56 Å². The Labute approximate surface area is 195 Å². The third-order valence-corrected chi connectivity index (χ3v) is 5.97. The summed E-state index contributed by atoms with van der Waals surface area (Å²) in [6.45, 7) is 2.25. The summed E-state index contributed by atoms with van der Waals surface area (Å²) in [6.07, 6.45) is -0.0905. The average molecular weight is 472 g/mol. The molecule has 0 aliphatic carbocycles. The van der Waals surface area contributed by atoms with Crippen LogP contribution in [0.4, 0.5) is 5.69 Å². The van der Waals surface area contributed by atoms with Crippen molar-refractivity contribution >= 4 is 40.4 Å². The van der Waals surface area contributed by atoms with Crippen LogP contribution < -0.4 is 15.2 Å². The van der Waals surface area contributed by atoms with Crippen molar-refractivity contribution in [2.75, 3.05) is 20.8 Å². The van der Waals surface area contributed by atoms with Crippen LogP contribution in [0, 0.1) is 0 Å². The number of esters is 1. The third kappa shape index (κ3) is 5.83. The number of nitrogens with zero attached hydrogens (tertiary/aromatic N) is 2. The molecule has 3 rings (SSSR count). The van der Waals surface area contributed by atoms with Crippen molar-refractivity contribution < 1.29 is 28.6 Å². The van der Waals surface area contributed by atoms with Crippen LogP contribution in [0.3, 0.4) is 0 Å². The number of amides is 2. The largest absolute Gasteiger partial charge is 0.493 e. The first-order chi connectivity index (χ1) is 15.9. The Balaban J connectivity index is 1.89. The van der Waals surface area contributed by atoms with Crippen LogP contribution in [0.15, 0.2) is 47.5 Å². The van der Waals surface area contributed by atoms with Crippen molar-refractivity contribution in [3.63, 3.8) is 0 Å². The minimum absolute atomic E-state index is 0.0905. The Morgan fingerprint density at radius 1 is 1.09 bits per heavy atom. The highest BCUT2D eigenvalue weighted by Crippen LogP contribution is 2.34. The Morgan fingerprint density at radius 2 is 1.79 bits per heavy atom. The van der Waals surface area contributed by atoms with Crippen molar-refractivity contribution in [1.29, 1.82) is 0 Å². The quantitative estimate of drug-likeness (QED) is 0.558. The molecule has 174 valence electrons. The number of ether oxygens (including phenoxy) is 3. The van der Waals surface area contributed by atoms with Gasteiger partial charge in [0.2, 0.25) is 11.8 Å². The van der Waals surface area contributed by atoms with Crippen molar-refractivity contribution in [2.45, 2.75) is 25.1 Å². The predicted molar refractivity (Wildman–Crippen MR) is 125 cm³/mol. The van der Waals surface area contributed by atoms with E-state index < -0.39 is 17.1 Å². The van der Waals surface area contributed by atoms with Gasteiger partial charge in [0.25, 0.3) is 0 Å². The van der Waals surface area contributed by atoms with E-state index in [-0.39, 0.29) is 25.5 Å². The lowest BCUT2D eigenvalue weighted by molar-refractivity contribution is -0.128. The second-order valence-electron chi connectivity index (χ2n) is 7.05. The summed E-state index contributed by atoms with van der Waals surface area (Å²) < 4.78 is 15.6. The standard InChI is InChI=1S/C23H25N3O6S/c1-4-32-22(29)15-6-8-16(9-7-15)25-23-26(21(28)19(33-23)12-20(24)27)13-14-5-10-17(30-2)18(11-14)31-3/h5-11,19H,4,12-13H2,1-3H3,(H2,24,27)/t19-/m1/s1. The number of thioether (sulfide) groups is 1. The van der Waals surface area contributed by atoms with E-state index in [0.29, 0.717) is 27.9 Å². The fourth-order valence-corrected chi connectivity index (χ4v) is 4.38. The van der Waals surface area contributed by atoms with Gasteiger partial charge in [-0.15, -0.1) is 0 Å². The molecule has 1 atom stereocenters. The van der Waals surface area contributed by atoms with Crippen LogP contribution in [0.25, 0.3) is 0 Å². The summed E-state index contributed by atoms with van der Waals surface area (Å²) in [6, 6.07) is 11.9. The van der Waals surface area contributed by atoms with E-state index in [1.54, 1.807) is 50.4 Å². The minimum Gasteiger partial charge on any atom is -0.493 e. The SMILES string of the molecule is CCOC(=O)c1ccc(N=C2S[C@H](CC(N)=O)C(=O)N2Cc2ccc(OC)c(OC)c2)cc1. The molecule has 0 radical (unpaired) electrons. The molecule has 9 nitrogen and oxygen atoms in total. The fourth-order valence-electron chi connectivity index (χ4n) is 3.21. The summed E-state index contributed by atoms with van der Waals surface area (Å²) in [5, 5.41) is -0.217. The molecule has 1 heterocycles. The Hall–Kier alpha value is -3.53. The van der Waals surface area contributed by atoms with Gasteiger partial charge in [0.05, 0.1) is 38.6 Å². The summed E-state index contributed by atoms with van der Waals surface area (Å²) in [5.41, 5.74) is 7.09. The lowest BCUT2D eigenvalue weighted by Crippen LogP contribution is -2.33. The summed E-state index contributed by atoms with van der Waals surface area (Å²) in [7, 11) is 3.08. The molecular weight excluding hydrogens is 446 g/mol. The van der Waals surface area contributed by atoms with Crippen molar-refractivity contribution in [2.24, 2.45) is 10.7 Å². The van der Waals surface area contributed by atoms with Gasteiger partial charge in [-0.05, 0) is 48.9 Å². The van der Waals surface area contributed by atoms with Crippen molar-refractivity contribution in [3.8, 4) is 11.5 Å². The maximum absolute atomic E-state index is 13.0. The van der Waals surface area contributed by atoms with Gasteiger partial charge in [-0.2, -0.15) is 0 Å². The van der Waals surface area contributed by atoms with Gasteiger partial charge in [-0.25, -0.2) is 9.79 Å². The number of aliphatic imine (C=N–C) groups is 1. The minimum atomic E-state index is -0.653. The summed E-state index contributed by atoms with van der Waals surface area (Å²) in [5.74, 6) is -0.122. The van der Waals surface area contributed by atoms with E-state index in [9.17, 15) is 14.4 Å². The van der Waals surface area contributed by atoms with Crippen LogP contribution in [0.2, 0.25) is 0 Å². The normalized spacial score (nSPS) is 16.7. The first-order valence-corrected chi connectivity index (χ1v) is 11.1. The molecule has 2 amide bonds. The molecule has 2 aromatic rings. The predicted octanol–water partition coefficient (Wildman–Crippen LogP) is 2.89. The van der Waals surface area contributed by atoms with E-state index >= 15 is 0 Å². The second-order valence-corrected chi connectivity index (χ2v) is 8.22. The zero-order chi connectivity index (χ0) is 24.0. The molecule has 0 spiro atoms. The number of benzene rings is 2. The molecule has 0 aromatic heterocycles. The molecule has 1 fully saturated rings. The Morgan fingerprint density at radius 3 is 2.39 bits per heavy atom. The molecule has 0 bridgehead atoms. The van der Waals surface area contributed by atoms with Gasteiger partial charge in [0.15, 0.2) is 16.7 Å². The Kier molecular flexibility index (Phi) is 7.94. The fraction of sp³-hybridized carbons (Fsp3) is 0.304. The van der Waals surface area contributed by atoms with Gasteiger partial charge < -0.3 is 19.9 Å². The molecule has 0 saturated carbocycles. The van der Waals surface area contributed by atoms with Gasteiger partial charge >= 0.3 is 5.97 Å². The van der Waals surface area contributed by atoms with Crippen LogP contribution >= 0.6 is 11.8 Å². The molecule has 33 heavy (non-hydrogen) atoms. The molecule has 1 aliphatic heterocycles. The van der Waals surface area contributed by atoms with E-state index in [1.165, 1.54) is 23.8 Å². The Bertz CT molecular complexity index is 1070. The molecule has 0 unspecified atom stereocenters. The number of hydrogen-bond acceptors (Lipinski definition) is 8. The number of hydrogen-bond donors (Lipinski definition) is 1. The zero-order valence-corrected chi connectivity index (χ0v) is 19.4. The number of primary amides is 1. The lowest BCUT2D eigenvalue weighted by Gasteiger charge is -2.18. The first kappa shape index (κ1) is 24.1. The number of nitrogens with two attached hydrogens (primary N) is 1. The van der Waals surface area contributed by atoms with Crippen LogP contribution in [0.1, 0.15) is 29.3 Å². The zero-order valence-electron chi connectivity index (χ0n) is 18.6. The summed E-state index contributed by atoms with van der Waals surface area (Å²) >= 11 is 1.18. The highest BCUT2D eigenvalue weighted by molar-refractivity contribution is 8.15. The van der Waals surface area contributed by atoms with E-state index in [4.69, 9.17) is 19.9 Å². The second kappa shape index (κ2) is 10.9. The molecular formula is C23H25N3O6S. The van der Waals surface area contributed by atoms with Gasteiger partial charge in [-0.1, -0.05) is 17.8 Å². The number of carbonyl (C=O) groups excluding carboxylic acids is 3. The topological polar surface area (TPSA) is 121 Å². The van der Waals surface area contributed by atoms with Crippen LogP contribution in [-0.4, -0.2) is 53.9 Å². The van der Waals surface area contributed by atoms with Gasteiger partial charge in [-0.3, -0.25) is 14.5 Å². The number of carbonyl (C=O) groups is 3. The summed E-state index contributed by atoms with van der Waals surface area (Å²) in [4.78, 5) is 42.5. The lowest BCUT2D eigenvalue weighted by atomic mass is 10.1. The number of rotatable bonds is 9. The number of methoxy groups -OCH3 is 2. The van der Waals surface area contributed by atoms with E-state index in [2.05, 4.69) is 4.99 Å². The van der Waals surface area contributed by atoms with Crippen molar-refractivity contribution in [3.05, 3.63) is 53.6 Å². The molecule has 2 N–H and O–H groups in total. The van der Waals surface area contributed by atoms with E-state index in [1.807, 2.05) is 6.07 Å². The smallest absolute Gasteiger partial charge is 0.338 e. The van der Waals surface area contributed by atoms with Crippen molar-refractivity contribution in [1.82, 2.24) is 4.90 Å². The first-order valence-electron chi connectivity index (χ1n) is 10.2. The van der Waals surface area contributed by atoms with Crippen LogP contribution in [-0.2, 0) is 20.9 Å². The third-order valence-electron chi connectivity index (χ3n) is 4.80. The van der Waals surface area contributed by atoms with Crippen LogP contribution in [0.5, 0.6) is 11.5 Å². The highest BCUT2D eigenvalue weighted by Gasteiger charge is 2.39. The molecule has 10 heteroatoms. The highest BCUT2D eigenvalue weighted by atomic mass is 32.2. The molecule has 1 saturated heterocycles. The van der Waals surface area contributed by atoms with Gasteiger partial charge in [0.1, 0.15) is 5.25 Å². The monoisotopic (exact) mass is 471 g/mol. The maximum Gasteiger partial charge on any atom is 0.338 e. The molecule has 2 aromatic carbocycles. The van der Waals surface area contributed by atoms with Gasteiger partial charge in [0, 0.05) is 6.42 Å².